The normalized spacial score (nSPS) is 19.4. The molecule has 1 unspecified atom stereocenters. The molecule has 1 N–H and O–H groups in total. The number of aromatic nitrogens is 2. The molecule has 6 heteroatoms. The van der Waals surface area contributed by atoms with Gasteiger partial charge in [-0.2, -0.15) is 5.10 Å². The summed E-state index contributed by atoms with van der Waals surface area (Å²) in [6.07, 6.45) is 2.46. The molecule has 1 aliphatic heterocycles. The molecule has 17 heavy (non-hydrogen) atoms. The first kappa shape index (κ1) is 11.6. The number of nitrogens with one attached hydrogen (secondary N) is 1. The summed E-state index contributed by atoms with van der Waals surface area (Å²) >= 11 is 0. The number of amides is 2. The third kappa shape index (κ3) is 2.30. The number of nitrogens with zero attached hydrogens (tertiary/aromatic N) is 3. The third-order valence-electron chi connectivity index (χ3n) is 3.03. The molecule has 2 amide bonds. The van der Waals surface area contributed by atoms with Crippen LogP contribution in [-0.4, -0.2) is 46.6 Å². The van der Waals surface area contributed by atoms with Crippen molar-refractivity contribution in [3.63, 3.8) is 0 Å². The van der Waals surface area contributed by atoms with Crippen LogP contribution < -0.4 is 5.32 Å². The number of carbonyl (C=O) groups excluding carboxylic acids is 2. The Bertz CT molecular complexity index is 440. The van der Waals surface area contributed by atoms with Gasteiger partial charge in [0.05, 0.1) is 5.92 Å². The first-order valence-electron chi connectivity index (χ1n) is 5.62. The van der Waals surface area contributed by atoms with E-state index in [1.54, 1.807) is 35.9 Å². The molecule has 2 rings (SSSR count). The van der Waals surface area contributed by atoms with Crippen molar-refractivity contribution >= 4 is 11.8 Å². The molecule has 92 valence electrons. The quantitative estimate of drug-likeness (QED) is 0.761. The lowest BCUT2D eigenvalue weighted by Crippen LogP contribution is -2.33. The van der Waals surface area contributed by atoms with E-state index in [-0.39, 0.29) is 17.7 Å². The maximum Gasteiger partial charge on any atom is 0.274 e. The molecular formula is C11H16N4O2. The lowest BCUT2D eigenvalue weighted by molar-refractivity contribution is -0.124. The molecule has 1 aliphatic rings. The van der Waals surface area contributed by atoms with Crippen LogP contribution >= 0.6 is 0 Å². The Labute approximate surface area is 99.6 Å². The molecular weight excluding hydrogens is 220 g/mol. The van der Waals surface area contributed by atoms with Gasteiger partial charge in [-0.25, -0.2) is 0 Å². The van der Waals surface area contributed by atoms with E-state index < -0.39 is 0 Å². The number of carbonyl (C=O) groups is 2. The van der Waals surface area contributed by atoms with Gasteiger partial charge in [-0.3, -0.25) is 14.3 Å². The summed E-state index contributed by atoms with van der Waals surface area (Å²) in [7, 11) is 3.39. The maximum atomic E-state index is 12.0. The summed E-state index contributed by atoms with van der Waals surface area (Å²) < 4.78 is 1.60. The van der Waals surface area contributed by atoms with Crippen LogP contribution in [0.5, 0.6) is 0 Å². The smallest absolute Gasteiger partial charge is 0.274 e. The van der Waals surface area contributed by atoms with Crippen molar-refractivity contribution < 1.29 is 9.59 Å². The van der Waals surface area contributed by atoms with E-state index in [2.05, 4.69) is 10.4 Å². The van der Waals surface area contributed by atoms with Crippen LogP contribution in [0.2, 0.25) is 0 Å². The van der Waals surface area contributed by atoms with Crippen molar-refractivity contribution in [1.82, 2.24) is 20.0 Å². The van der Waals surface area contributed by atoms with Gasteiger partial charge in [-0.1, -0.05) is 0 Å². The van der Waals surface area contributed by atoms with Gasteiger partial charge >= 0.3 is 0 Å². The highest BCUT2D eigenvalue weighted by Crippen LogP contribution is 2.18. The Kier molecular flexibility index (Phi) is 3.12. The molecule has 1 saturated heterocycles. The van der Waals surface area contributed by atoms with Crippen LogP contribution in [0.1, 0.15) is 16.9 Å². The predicted octanol–water partition coefficient (Wildman–Crippen LogP) is -0.372. The van der Waals surface area contributed by atoms with Gasteiger partial charge in [0.1, 0.15) is 5.69 Å². The van der Waals surface area contributed by atoms with Gasteiger partial charge in [-0.15, -0.1) is 0 Å². The zero-order chi connectivity index (χ0) is 12.4. The van der Waals surface area contributed by atoms with Crippen molar-refractivity contribution in [2.75, 3.05) is 20.1 Å². The average Bonchev–Trinajstić information content (AvgIpc) is 2.95. The van der Waals surface area contributed by atoms with Gasteiger partial charge < -0.3 is 10.2 Å². The van der Waals surface area contributed by atoms with Gasteiger partial charge in [0.2, 0.25) is 5.91 Å². The molecule has 0 spiro atoms. The summed E-state index contributed by atoms with van der Waals surface area (Å²) in [4.78, 5) is 25.2. The van der Waals surface area contributed by atoms with Gasteiger partial charge in [-0.05, 0) is 12.5 Å². The average molecular weight is 236 g/mol. The molecule has 0 aromatic carbocycles. The standard InChI is InChI=1S/C11H16N4O2/c1-12-10(16)8-3-6-15(7-8)11(17)9-4-5-14(2)13-9/h4-5,8H,3,6-7H2,1-2H3,(H,12,16). The highest BCUT2D eigenvalue weighted by atomic mass is 16.2. The first-order chi connectivity index (χ1) is 8.11. The SMILES string of the molecule is CNC(=O)C1CCN(C(=O)c2ccn(C)n2)C1. The van der Waals surface area contributed by atoms with E-state index >= 15 is 0 Å². The molecule has 1 atom stereocenters. The zero-order valence-electron chi connectivity index (χ0n) is 10.0. The molecule has 1 aromatic heterocycles. The predicted molar refractivity (Wildman–Crippen MR) is 61.3 cm³/mol. The van der Waals surface area contributed by atoms with E-state index in [1.165, 1.54) is 0 Å². The third-order valence-corrected chi connectivity index (χ3v) is 3.03. The van der Waals surface area contributed by atoms with E-state index in [0.717, 1.165) is 6.42 Å². The molecule has 0 bridgehead atoms. The summed E-state index contributed by atoms with van der Waals surface area (Å²) in [5.74, 6) is -0.189. The minimum absolute atomic E-state index is 0.00122. The van der Waals surface area contributed by atoms with Crippen molar-refractivity contribution in [2.45, 2.75) is 6.42 Å². The van der Waals surface area contributed by atoms with Crippen LogP contribution in [0.25, 0.3) is 0 Å². The molecule has 6 nitrogen and oxygen atoms in total. The highest BCUT2D eigenvalue weighted by Gasteiger charge is 2.31. The molecule has 2 heterocycles. The van der Waals surface area contributed by atoms with Crippen LogP contribution in [0.3, 0.4) is 0 Å². The zero-order valence-corrected chi connectivity index (χ0v) is 10.0. The van der Waals surface area contributed by atoms with Gasteiger partial charge in [0, 0.05) is 33.4 Å². The lowest BCUT2D eigenvalue weighted by Gasteiger charge is -2.14. The van der Waals surface area contributed by atoms with Crippen molar-refractivity contribution in [1.29, 1.82) is 0 Å². The Morgan fingerprint density at radius 1 is 1.53 bits per heavy atom. The fourth-order valence-corrected chi connectivity index (χ4v) is 2.05. The van der Waals surface area contributed by atoms with Crippen molar-refractivity contribution in [3.8, 4) is 0 Å². The highest BCUT2D eigenvalue weighted by molar-refractivity contribution is 5.93. The second-order valence-corrected chi connectivity index (χ2v) is 4.23. The molecule has 1 fully saturated rings. The second kappa shape index (κ2) is 4.57. The Hall–Kier alpha value is -1.85. The fourth-order valence-electron chi connectivity index (χ4n) is 2.05. The van der Waals surface area contributed by atoms with Crippen LogP contribution in [0, 0.1) is 5.92 Å². The van der Waals surface area contributed by atoms with E-state index in [0.29, 0.717) is 18.8 Å². The number of hydrogen-bond donors (Lipinski definition) is 1. The molecule has 0 saturated carbocycles. The molecule has 0 aliphatic carbocycles. The minimum Gasteiger partial charge on any atom is -0.359 e. The lowest BCUT2D eigenvalue weighted by atomic mass is 10.1. The van der Waals surface area contributed by atoms with Crippen LogP contribution in [0.15, 0.2) is 12.3 Å². The Balaban J connectivity index is 2.01. The Morgan fingerprint density at radius 2 is 2.29 bits per heavy atom. The summed E-state index contributed by atoms with van der Waals surface area (Å²) in [5.41, 5.74) is 0.435. The second-order valence-electron chi connectivity index (χ2n) is 4.23. The Morgan fingerprint density at radius 3 is 2.88 bits per heavy atom. The van der Waals surface area contributed by atoms with Crippen molar-refractivity contribution in [3.05, 3.63) is 18.0 Å². The monoisotopic (exact) mass is 236 g/mol. The van der Waals surface area contributed by atoms with Crippen molar-refractivity contribution in [2.24, 2.45) is 13.0 Å². The van der Waals surface area contributed by atoms with Gasteiger partial charge in [0.15, 0.2) is 0 Å². The fraction of sp³-hybridized carbons (Fsp3) is 0.545. The first-order valence-corrected chi connectivity index (χ1v) is 5.62. The minimum atomic E-state index is -0.1000. The van der Waals surface area contributed by atoms with Crippen LogP contribution in [0.4, 0.5) is 0 Å². The number of aryl methyl sites for hydroxylation is 1. The van der Waals surface area contributed by atoms with E-state index in [1.807, 2.05) is 0 Å². The number of rotatable bonds is 2. The molecule has 0 radical (unpaired) electrons. The maximum absolute atomic E-state index is 12.0. The number of likely N-dealkylation sites (tertiary alicyclic amines) is 1. The summed E-state index contributed by atoms with van der Waals surface area (Å²) in [6, 6.07) is 1.69. The van der Waals surface area contributed by atoms with Crippen LogP contribution in [-0.2, 0) is 11.8 Å². The molecule has 1 aromatic rings. The largest absolute Gasteiger partial charge is 0.359 e. The topological polar surface area (TPSA) is 67.2 Å². The van der Waals surface area contributed by atoms with Gasteiger partial charge in [0.25, 0.3) is 5.91 Å². The summed E-state index contributed by atoms with van der Waals surface area (Å²) in [6.45, 7) is 1.10. The van der Waals surface area contributed by atoms with E-state index in [4.69, 9.17) is 0 Å². The summed E-state index contributed by atoms with van der Waals surface area (Å²) in [5, 5.41) is 6.68. The number of hydrogen-bond acceptors (Lipinski definition) is 3. The van der Waals surface area contributed by atoms with E-state index in [9.17, 15) is 9.59 Å².